The molecule has 0 fully saturated rings. The molecule has 9 heteroatoms. The summed E-state index contributed by atoms with van der Waals surface area (Å²) in [5, 5.41) is 10.1. The summed E-state index contributed by atoms with van der Waals surface area (Å²) >= 11 is 0. The van der Waals surface area contributed by atoms with Crippen molar-refractivity contribution in [1.82, 2.24) is 0 Å². The second kappa shape index (κ2) is 15.0. The van der Waals surface area contributed by atoms with Gasteiger partial charge in [-0.1, -0.05) is 50.8 Å². The van der Waals surface area contributed by atoms with Gasteiger partial charge in [-0.05, 0) is 60.2 Å². The molecule has 0 saturated heterocycles. The molecule has 2 aromatic carbocycles. The van der Waals surface area contributed by atoms with E-state index in [4.69, 9.17) is 18.0 Å². The van der Waals surface area contributed by atoms with Crippen molar-refractivity contribution >= 4 is 26.7 Å². The molecular weight excluding hydrogens is 492 g/mol. The molecule has 0 unspecified atom stereocenters. The minimum atomic E-state index is -3.91. The first-order valence-corrected chi connectivity index (χ1v) is 14.7. The number of hydrogen-bond donors (Lipinski definition) is 1. The number of aryl methyl sites for hydroxylation is 1. The Kier molecular flexibility index (Phi) is 12.2. The molecule has 0 aromatic heterocycles. The number of phenols is 1. The van der Waals surface area contributed by atoms with Gasteiger partial charge in [-0.2, -0.15) is 0 Å². The van der Waals surface area contributed by atoms with E-state index < -0.39 is 26.7 Å². The van der Waals surface area contributed by atoms with E-state index >= 15 is 0 Å². The molecule has 1 N–H and O–H groups in total. The number of unbranched alkanes of at least 4 members (excludes halogenated alkanes) is 4. The summed E-state index contributed by atoms with van der Waals surface area (Å²) in [5.74, 6) is -1.17. The topological polar surface area (TPSA) is 108 Å². The zero-order valence-electron chi connectivity index (χ0n) is 22.2. The number of benzene rings is 2. The second-order valence-corrected chi connectivity index (χ2v) is 11.4. The van der Waals surface area contributed by atoms with Crippen LogP contribution in [0.25, 0.3) is 11.1 Å². The molecule has 37 heavy (non-hydrogen) atoms. The van der Waals surface area contributed by atoms with Crippen LogP contribution in [0.5, 0.6) is 11.5 Å². The second-order valence-electron chi connectivity index (χ2n) is 8.95. The quantitative estimate of drug-likeness (QED) is 0.222. The van der Waals surface area contributed by atoms with E-state index in [1.807, 2.05) is 30.3 Å². The smallest absolute Gasteiger partial charge is 0.508 e. The molecule has 0 aliphatic carbocycles. The molecule has 0 atom stereocenters. The number of ether oxygens (including phenoxy) is 1. The number of carbonyl (C=O) groups excluding carboxylic acids is 3. The molecule has 2 aromatic rings. The highest BCUT2D eigenvalue weighted by Crippen LogP contribution is 2.31. The van der Waals surface area contributed by atoms with Gasteiger partial charge in [0.15, 0.2) is 0 Å². The summed E-state index contributed by atoms with van der Waals surface area (Å²) in [7, 11) is -3.91. The Morgan fingerprint density at radius 3 is 1.95 bits per heavy atom. The normalized spacial score (nSPS) is 11.0. The average molecular weight is 531 g/mol. The van der Waals surface area contributed by atoms with Crippen LogP contribution in [0.4, 0.5) is 0 Å². The molecule has 0 radical (unpaired) electrons. The Bertz CT molecular complexity index is 994. The van der Waals surface area contributed by atoms with E-state index in [-0.39, 0.29) is 11.8 Å². The number of phenolic OH excluding ortho intramolecular Hbond substituents is 1. The Balaban J connectivity index is 2.11. The minimum Gasteiger partial charge on any atom is -0.508 e. The van der Waals surface area contributed by atoms with Crippen LogP contribution in [0.15, 0.2) is 42.5 Å². The molecule has 0 spiro atoms. The van der Waals surface area contributed by atoms with Gasteiger partial charge in [0.2, 0.25) is 0 Å². The van der Waals surface area contributed by atoms with Gasteiger partial charge < -0.3 is 23.1 Å². The molecule has 0 aliphatic heterocycles. The van der Waals surface area contributed by atoms with Gasteiger partial charge in [-0.15, -0.1) is 0 Å². The highest BCUT2D eigenvalue weighted by Gasteiger charge is 2.51. The van der Waals surface area contributed by atoms with E-state index in [1.54, 1.807) is 12.1 Å². The summed E-state index contributed by atoms with van der Waals surface area (Å²) in [6, 6.07) is 13.0. The fourth-order valence-corrected chi connectivity index (χ4v) is 6.42. The molecule has 0 heterocycles. The number of hydrogen-bond acceptors (Lipinski definition) is 8. The number of rotatable bonds is 15. The molecule has 2 rings (SSSR count). The summed E-state index contributed by atoms with van der Waals surface area (Å²) in [6.45, 7) is 6.39. The lowest BCUT2D eigenvalue weighted by atomic mass is 9.96. The van der Waals surface area contributed by atoms with Crippen LogP contribution in [0.2, 0.25) is 6.04 Å². The zero-order valence-corrected chi connectivity index (χ0v) is 23.2. The first-order valence-electron chi connectivity index (χ1n) is 12.8. The minimum absolute atomic E-state index is 0.0614. The fraction of sp³-hybridized carbons (Fsp3) is 0.464. The van der Waals surface area contributed by atoms with Crippen molar-refractivity contribution in [2.75, 3.05) is 6.61 Å². The Hall–Kier alpha value is -3.33. The molecule has 0 bridgehead atoms. The van der Waals surface area contributed by atoms with Crippen LogP contribution in [0.3, 0.4) is 0 Å². The SMILES string of the molecule is CCCCCCCOc1ccc(-c2ccc(O)cc2CCC[Si](OC(C)=O)(OC(C)=O)OC(C)=O)cc1. The van der Waals surface area contributed by atoms with Crippen LogP contribution < -0.4 is 4.74 Å². The molecule has 202 valence electrons. The van der Waals surface area contributed by atoms with Gasteiger partial charge in [0.05, 0.1) is 12.7 Å². The Labute approximate surface area is 220 Å². The van der Waals surface area contributed by atoms with Crippen molar-refractivity contribution in [2.45, 2.75) is 78.7 Å². The third-order valence-corrected chi connectivity index (χ3v) is 8.36. The first kappa shape index (κ1) is 29.9. The third kappa shape index (κ3) is 10.7. The van der Waals surface area contributed by atoms with Gasteiger partial charge in [0.1, 0.15) is 11.5 Å². The molecule has 0 aliphatic rings. The monoisotopic (exact) mass is 530 g/mol. The maximum atomic E-state index is 11.7. The van der Waals surface area contributed by atoms with Crippen LogP contribution in [-0.4, -0.2) is 38.4 Å². The lowest BCUT2D eigenvalue weighted by Crippen LogP contribution is -2.49. The van der Waals surface area contributed by atoms with Crippen LogP contribution in [-0.2, 0) is 34.1 Å². The molecular formula is C28H38O8Si. The van der Waals surface area contributed by atoms with Gasteiger partial charge in [0, 0.05) is 20.8 Å². The Morgan fingerprint density at radius 2 is 1.38 bits per heavy atom. The van der Waals surface area contributed by atoms with E-state index in [0.717, 1.165) is 28.9 Å². The predicted molar refractivity (Wildman–Crippen MR) is 142 cm³/mol. The molecule has 0 saturated carbocycles. The predicted octanol–water partition coefficient (Wildman–Crippen LogP) is 5.97. The maximum absolute atomic E-state index is 11.7. The van der Waals surface area contributed by atoms with E-state index in [2.05, 4.69) is 6.92 Å². The molecule has 0 amide bonds. The van der Waals surface area contributed by atoms with Crippen molar-refractivity contribution in [1.29, 1.82) is 0 Å². The van der Waals surface area contributed by atoms with Crippen LogP contribution in [0, 0.1) is 0 Å². The first-order chi connectivity index (χ1) is 17.6. The lowest BCUT2D eigenvalue weighted by Gasteiger charge is -2.26. The third-order valence-electron chi connectivity index (χ3n) is 5.60. The fourth-order valence-electron chi connectivity index (χ4n) is 4.06. The highest BCUT2D eigenvalue weighted by atomic mass is 28.4. The lowest BCUT2D eigenvalue weighted by molar-refractivity contribution is -0.147. The van der Waals surface area contributed by atoms with Gasteiger partial charge >= 0.3 is 8.80 Å². The standard InChI is InChI=1S/C28H38O8Si/c1-5-6-7-8-9-18-33-27-15-12-24(13-16-27)28-17-14-26(32)20-25(28)11-10-19-37(34-21(2)29,35-22(3)30)36-23(4)31/h12-17,20,32H,5-11,18-19H2,1-4H3. The van der Waals surface area contributed by atoms with Gasteiger partial charge in [0.25, 0.3) is 17.9 Å². The van der Waals surface area contributed by atoms with Crippen LogP contribution in [0.1, 0.15) is 71.8 Å². The van der Waals surface area contributed by atoms with Crippen molar-refractivity contribution in [3.63, 3.8) is 0 Å². The summed E-state index contributed by atoms with van der Waals surface area (Å²) in [6.07, 6.45) is 6.74. The van der Waals surface area contributed by atoms with Gasteiger partial charge in [-0.3, -0.25) is 14.4 Å². The van der Waals surface area contributed by atoms with Crippen molar-refractivity contribution in [3.8, 4) is 22.6 Å². The molecule has 8 nitrogen and oxygen atoms in total. The summed E-state index contributed by atoms with van der Waals surface area (Å²) < 4.78 is 21.6. The average Bonchev–Trinajstić information content (AvgIpc) is 2.80. The van der Waals surface area contributed by atoms with Crippen molar-refractivity contribution < 1.29 is 37.5 Å². The van der Waals surface area contributed by atoms with Gasteiger partial charge in [-0.25, -0.2) is 0 Å². The van der Waals surface area contributed by atoms with Crippen molar-refractivity contribution in [2.24, 2.45) is 0 Å². The summed E-state index contributed by atoms with van der Waals surface area (Å²) in [4.78, 5) is 35.0. The summed E-state index contributed by atoms with van der Waals surface area (Å²) in [5.41, 5.74) is 2.72. The maximum Gasteiger partial charge on any atom is 0.705 e. The van der Waals surface area contributed by atoms with Crippen molar-refractivity contribution in [3.05, 3.63) is 48.0 Å². The van der Waals surface area contributed by atoms with E-state index in [0.29, 0.717) is 19.4 Å². The highest BCUT2D eigenvalue weighted by molar-refractivity contribution is 6.65. The van der Waals surface area contributed by atoms with E-state index in [9.17, 15) is 19.5 Å². The Morgan fingerprint density at radius 1 is 0.784 bits per heavy atom. The number of aromatic hydroxyl groups is 1. The van der Waals surface area contributed by atoms with E-state index in [1.165, 1.54) is 46.5 Å². The zero-order chi connectivity index (χ0) is 27.3. The number of carbonyl (C=O) groups is 3. The van der Waals surface area contributed by atoms with Crippen LogP contribution >= 0.6 is 0 Å². The largest absolute Gasteiger partial charge is 0.705 e.